The monoisotopic (exact) mass is 330 g/mol. The summed E-state index contributed by atoms with van der Waals surface area (Å²) in [7, 11) is 0. The quantitative estimate of drug-likeness (QED) is 0.530. The SMILES string of the molecule is CCC(C)CC(C)CCC1Cc2cc(C)c(F)c(F)c2C1(F)F. The van der Waals surface area contributed by atoms with Gasteiger partial charge in [-0.05, 0) is 49.1 Å². The molecule has 1 aliphatic rings. The lowest BCUT2D eigenvalue weighted by molar-refractivity contribution is -0.0597. The first-order valence-electron chi connectivity index (χ1n) is 8.54. The zero-order valence-corrected chi connectivity index (χ0v) is 14.4. The maximum absolute atomic E-state index is 14.5. The Hall–Kier alpha value is -1.06. The largest absolute Gasteiger partial charge is 0.279 e. The fourth-order valence-corrected chi connectivity index (χ4v) is 3.68. The number of hydrogen-bond acceptors (Lipinski definition) is 0. The highest BCUT2D eigenvalue weighted by Gasteiger charge is 2.50. The van der Waals surface area contributed by atoms with Crippen LogP contribution in [0.1, 0.15) is 63.1 Å². The van der Waals surface area contributed by atoms with Gasteiger partial charge in [-0.2, -0.15) is 0 Å². The molecule has 1 aromatic rings. The van der Waals surface area contributed by atoms with Crippen molar-refractivity contribution in [1.82, 2.24) is 0 Å². The van der Waals surface area contributed by atoms with Crippen LogP contribution in [0.3, 0.4) is 0 Å². The van der Waals surface area contributed by atoms with E-state index in [0.29, 0.717) is 24.7 Å². The van der Waals surface area contributed by atoms with Crippen LogP contribution < -0.4 is 0 Å². The first kappa shape index (κ1) is 18.3. The maximum atomic E-state index is 14.5. The minimum absolute atomic E-state index is 0.0999. The Labute approximate surface area is 136 Å². The summed E-state index contributed by atoms with van der Waals surface area (Å²) in [6.45, 7) is 7.78. The molecule has 130 valence electrons. The van der Waals surface area contributed by atoms with Crippen LogP contribution in [0.4, 0.5) is 17.6 Å². The Bertz CT molecular complexity index is 565. The molecular formula is C19H26F4. The third-order valence-electron chi connectivity index (χ3n) is 5.29. The number of hydrogen-bond donors (Lipinski definition) is 0. The Morgan fingerprint density at radius 1 is 1.17 bits per heavy atom. The summed E-state index contributed by atoms with van der Waals surface area (Å²) in [6.07, 6.45) is 3.28. The van der Waals surface area contributed by atoms with E-state index in [4.69, 9.17) is 0 Å². The highest BCUT2D eigenvalue weighted by atomic mass is 19.3. The van der Waals surface area contributed by atoms with Gasteiger partial charge in [-0.1, -0.05) is 39.7 Å². The molecule has 1 aromatic carbocycles. The predicted octanol–water partition coefficient (Wildman–Crippen LogP) is 6.39. The molecule has 2 rings (SSSR count). The molecule has 0 amide bonds. The molecule has 0 spiro atoms. The molecule has 0 aliphatic heterocycles. The molecule has 0 N–H and O–H groups in total. The number of aryl methyl sites for hydroxylation is 1. The topological polar surface area (TPSA) is 0 Å². The Kier molecular flexibility index (Phi) is 5.42. The van der Waals surface area contributed by atoms with Crippen LogP contribution in [-0.4, -0.2) is 0 Å². The van der Waals surface area contributed by atoms with Crippen molar-refractivity contribution in [2.24, 2.45) is 17.8 Å². The molecule has 0 bridgehead atoms. The van der Waals surface area contributed by atoms with Crippen molar-refractivity contribution >= 4 is 0 Å². The second kappa shape index (κ2) is 6.82. The molecule has 0 heterocycles. The van der Waals surface area contributed by atoms with Crippen molar-refractivity contribution in [3.8, 4) is 0 Å². The number of alkyl halides is 2. The average Bonchev–Trinajstić information content (AvgIpc) is 2.72. The summed E-state index contributed by atoms with van der Waals surface area (Å²) < 4.78 is 56.7. The van der Waals surface area contributed by atoms with Gasteiger partial charge < -0.3 is 0 Å². The summed E-state index contributed by atoms with van der Waals surface area (Å²) in [5, 5.41) is 0. The Balaban J connectivity index is 2.11. The standard InChI is InChI=1S/C19H26F4/c1-5-11(2)8-12(3)6-7-15-10-14-9-13(4)17(20)18(21)16(14)19(15,22)23/h9,11-12,15H,5-8,10H2,1-4H3. The molecule has 3 atom stereocenters. The van der Waals surface area contributed by atoms with Crippen molar-refractivity contribution < 1.29 is 17.6 Å². The van der Waals surface area contributed by atoms with E-state index in [0.717, 1.165) is 12.8 Å². The van der Waals surface area contributed by atoms with E-state index in [1.165, 1.54) is 13.0 Å². The molecular weight excluding hydrogens is 304 g/mol. The lowest BCUT2D eigenvalue weighted by atomic mass is 9.87. The third-order valence-corrected chi connectivity index (χ3v) is 5.29. The number of benzene rings is 1. The smallest absolute Gasteiger partial charge is 0.203 e. The van der Waals surface area contributed by atoms with Crippen LogP contribution in [0.15, 0.2) is 6.07 Å². The average molecular weight is 330 g/mol. The minimum atomic E-state index is -3.27. The summed E-state index contributed by atoms with van der Waals surface area (Å²) in [6, 6.07) is 1.38. The van der Waals surface area contributed by atoms with E-state index in [2.05, 4.69) is 20.8 Å². The van der Waals surface area contributed by atoms with Gasteiger partial charge >= 0.3 is 0 Å². The van der Waals surface area contributed by atoms with Gasteiger partial charge in [0.15, 0.2) is 11.6 Å². The Morgan fingerprint density at radius 3 is 2.43 bits per heavy atom. The first-order chi connectivity index (χ1) is 10.7. The lowest BCUT2D eigenvalue weighted by Gasteiger charge is -2.23. The van der Waals surface area contributed by atoms with Crippen LogP contribution >= 0.6 is 0 Å². The van der Waals surface area contributed by atoms with Gasteiger partial charge in [-0.15, -0.1) is 0 Å². The van der Waals surface area contributed by atoms with Gasteiger partial charge in [-0.3, -0.25) is 0 Å². The normalized spacial score (nSPS) is 22.0. The van der Waals surface area contributed by atoms with Gasteiger partial charge in [0.05, 0.1) is 5.56 Å². The number of halogens is 4. The summed E-state index contributed by atoms with van der Waals surface area (Å²) in [4.78, 5) is 0. The summed E-state index contributed by atoms with van der Waals surface area (Å²) in [5.41, 5.74) is -0.339. The summed E-state index contributed by atoms with van der Waals surface area (Å²) in [5.74, 6) is -5.75. The van der Waals surface area contributed by atoms with Crippen LogP contribution in [-0.2, 0) is 12.3 Å². The second-order valence-electron chi connectivity index (χ2n) is 7.31. The van der Waals surface area contributed by atoms with E-state index in [1.807, 2.05) is 0 Å². The van der Waals surface area contributed by atoms with Gasteiger partial charge in [0, 0.05) is 5.92 Å². The van der Waals surface area contributed by atoms with E-state index in [9.17, 15) is 17.6 Å². The van der Waals surface area contributed by atoms with E-state index >= 15 is 0 Å². The van der Waals surface area contributed by atoms with Crippen molar-refractivity contribution in [3.63, 3.8) is 0 Å². The van der Waals surface area contributed by atoms with Crippen molar-refractivity contribution in [1.29, 1.82) is 0 Å². The van der Waals surface area contributed by atoms with Crippen LogP contribution in [0, 0.1) is 36.3 Å². The number of rotatable bonds is 6. The molecule has 0 aromatic heterocycles. The predicted molar refractivity (Wildman–Crippen MR) is 84.7 cm³/mol. The molecule has 0 radical (unpaired) electrons. The third kappa shape index (κ3) is 3.56. The molecule has 4 heteroatoms. The van der Waals surface area contributed by atoms with Gasteiger partial charge in [0.25, 0.3) is 5.92 Å². The molecule has 0 nitrogen and oxygen atoms in total. The molecule has 0 fully saturated rings. The van der Waals surface area contributed by atoms with Crippen molar-refractivity contribution in [2.75, 3.05) is 0 Å². The van der Waals surface area contributed by atoms with E-state index in [-0.39, 0.29) is 17.5 Å². The maximum Gasteiger partial charge on any atom is 0.279 e. The Morgan fingerprint density at radius 2 is 1.83 bits per heavy atom. The number of fused-ring (bicyclic) bond motifs is 1. The molecule has 1 aliphatic carbocycles. The summed E-state index contributed by atoms with van der Waals surface area (Å²) >= 11 is 0. The fourth-order valence-electron chi connectivity index (χ4n) is 3.68. The van der Waals surface area contributed by atoms with Crippen LogP contribution in [0.25, 0.3) is 0 Å². The van der Waals surface area contributed by atoms with E-state index in [1.54, 1.807) is 0 Å². The highest BCUT2D eigenvalue weighted by Crippen LogP contribution is 2.50. The molecule has 3 unspecified atom stereocenters. The second-order valence-corrected chi connectivity index (χ2v) is 7.31. The van der Waals surface area contributed by atoms with Gasteiger partial charge in [0.2, 0.25) is 0 Å². The van der Waals surface area contributed by atoms with Crippen LogP contribution in [0.5, 0.6) is 0 Å². The highest BCUT2D eigenvalue weighted by molar-refractivity contribution is 5.41. The van der Waals surface area contributed by atoms with Crippen LogP contribution in [0.2, 0.25) is 0 Å². The van der Waals surface area contributed by atoms with Crippen molar-refractivity contribution in [2.45, 2.75) is 65.7 Å². The van der Waals surface area contributed by atoms with Gasteiger partial charge in [-0.25, -0.2) is 17.6 Å². The zero-order chi connectivity index (χ0) is 17.4. The zero-order valence-electron chi connectivity index (χ0n) is 14.4. The van der Waals surface area contributed by atoms with Crippen molar-refractivity contribution in [3.05, 3.63) is 34.4 Å². The fraction of sp³-hybridized carbons (Fsp3) is 0.684. The lowest BCUT2D eigenvalue weighted by Crippen LogP contribution is -2.23. The molecule has 23 heavy (non-hydrogen) atoms. The first-order valence-corrected chi connectivity index (χ1v) is 8.54. The minimum Gasteiger partial charge on any atom is -0.203 e. The molecule has 0 saturated carbocycles. The molecule has 0 saturated heterocycles. The van der Waals surface area contributed by atoms with Gasteiger partial charge in [0.1, 0.15) is 0 Å². The van der Waals surface area contributed by atoms with E-state index < -0.39 is 29.0 Å².